The zero-order chi connectivity index (χ0) is 14.7. The predicted octanol–water partition coefficient (Wildman–Crippen LogP) is 4.64. The number of benzene rings is 2. The van der Waals surface area contributed by atoms with Crippen molar-refractivity contribution in [2.75, 3.05) is 0 Å². The fraction of sp³-hybridized carbons (Fsp3) is 0.294. The summed E-state index contributed by atoms with van der Waals surface area (Å²) >= 11 is 6.06. The van der Waals surface area contributed by atoms with Crippen LogP contribution >= 0.6 is 11.6 Å². The van der Waals surface area contributed by atoms with Crippen molar-refractivity contribution in [2.45, 2.75) is 33.2 Å². The Kier molecular flexibility index (Phi) is 4.69. The summed E-state index contributed by atoms with van der Waals surface area (Å²) in [6.45, 7) is 6.09. The Hall–Kier alpha value is -1.51. The molecule has 0 fully saturated rings. The molecule has 0 saturated heterocycles. The SMILES string of the molecule is Cc1cc(C)cc(Oc2ccc(Cl)cc2CC(C)N)c1. The second kappa shape index (κ2) is 6.29. The highest BCUT2D eigenvalue weighted by molar-refractivity contribution is 6.30. The third-order valence-electron chi connectivity index (χ3n) is 2.99. The van der Waals surface area contributed by atoms with Crippen LogP contribution in [0.3, 0.4) is 0 Å². The summed E-state index contributed by atoms with van der Waals surface area (Å²) in [5.74, 6) is 1.66. The van der Waals surface area contributed by atoms with Crippen LogP contribution in [0.25, 0.3) is 0 Å². The molecule has 0 bridgehead atoms. The lowest BCUT2D eigenvalue weighted by Crippen LogP contribution is -2.18. The fourth-order valence-electron chi connectivity index (χ4n) is 2.27. The van der Waals surface area contributed by atoms with Gasteiger partial charge < -0.3 is 10.5 Å². The number of rotatable bonds is 4. The first-order valence-electron chi connectivity index (χ1n) is 6.74. The molecule has 0 aliphatic heterocycles. The van der Waals surface area contributed by atoms with Gasteiger partial charge in [-0.3, -0.25) is 0 Å². The van der Waals surface area contributed by atoms with Crippen LogP contribution in [0.1, 0.15) is 23.6 Å². The first kappa shape index (κ1) is 14.9. The molecule has 0 aliphatic rings. The van der Waals surface area contributed by atoms with E-state index in [0.717, 1.165) is 23.5 Å². The standard InChI is InChI=1S/C17H20ClNO/c1-11-6-12(2)8-16(7-11)20-17-5-4-15(18)10-14(17)9-13(3)19/h4-8,10,13H,9,19H2,1-3H3. The van der Waals surface area contributed by atoms with Crippen LogP contribution < -0.4 is 10.5 Å². The van der Waals surface area contributed by atoms with Crippen molar-refractivity contribution in [3.63, 3.8) is 0 Å². The van der Waals surface area contributed by atoms with Gasteiger partial charge in [-0.1, -0.05) is 17.7 Å². The number of nitrogens with two attached hydrogens (primary N) is 1. The molecule has 1 unspecified atom stereocenters. The van der Waals surface area contributed by atoms with Gasteiger partial charge in [0.05, 0.1) is 0 Å². The molecule has 2 aromatic carbocycles. The van der Waals surface area contributed by atoms with Gasteiger partial charge in [0.2, 0.25) is 0 Å². The Morgan fingerprint density at radius 2 is 1.75 bits per heavy atom. The molecule has 0 amide bonds. The van der Waals surface area contributed by atoms with Crippen molar-refractivity contribution < 1.29 is 4.74 Å². The van der Waals surface area contributed by atoms with Crippen LogP contribution in [0.5, 0.6) is 11.5 Å². The largest absolute Gasteiger partial charge is 0.457 e. The topological polar surface area (TPSA) is 35.2 Å². The van der Waals surface area contributed by atoms with Crippen LogP contribution in [0.15, 0.2) is 36.4 Å². The van der Waals surface area contributed by atoms with Gasteiger partial charge in [-0.15, -0.1) is 0 Å². The number of hydrogen-bond acceptors (Lipinski definition) is 2. The summed E-state index contributed by atoms with van der Waals surface area (Å²) in [4.78, 5) is 0. The quantitative estimate of drug-likeness (QED) is 0.890. The molecule has 20 heavy (non-hydrogen) atoms. The molecule has 106 valence electrons. The maximum atomic E-state index is 6.06. The molecule has 0 aliphatic carbocycles. The molecular formula is C17H20ClNO. The normalized spacial score (nSPS) is 12.2. The second-order valence-electron chi connectivity index (χ2n) is 5.36. The van der Waals surface area contributed by atoms with Gasteiger partial charge in [0.15, 0.2) is 0 Å². The molecule has 0 heterocycles. The van der Waals surface area contributed by atoms with E-state index in [0.29, 0.717) is 5.02 Å². The highest BCUT2D eigenvalue weighted by Crippen LogP contribution is 2.29. The van der Waals surface area contributed by atoms with E-state index in [-0.39, 0.29) is 6.04 Å². The lowest BCUT2D eigenvalue weighted by molar-refractivity contribution is 0.473. The average Bonchev–Trinajstić information content (AvgIpc) is 2.30. The van der Waals surface area contributed by atoms with Gasteiger partial charge in [-0.2, -0.15) is 0 Å². The predicted molar refractivity (Wildman–Crippen MR) is 84.8 cm³/mol. The first-order chi connectivity index (χ1) is 9.44. The molecule has 0 spiro atoms. The molecule has 0 aromatic heterocycles. The molecule has 0 radical (unpaired) electrons. The maximum absolute atomic E-state index is 6.06. The highest BCUT2D eigenvalue weighted by Gasteiger charge is 2.09. The van der Waals surface area contributed by atoms with Crippen LogP contribution in [-0.2, 0) is 6.42 Å². The smallest absolute Gasteiger partial charge is 0.130 e. The van der Waals surface area contributed by atoms with E-state index in [1.165, 1.54) is 11.1 Å². The molecule has 2 N–H and O–H groups in total. The van der Waals surface area contributed by atoms with Gasteiger partial charge in [0.1, 0.15) is 11.5 Å². The third-order valence-corrected chi connectivity index (χ3v) is 3.22. The highest BCUT2D eigenvalue weighted by atomic mass is 35.5. The molecule has 2 rings (SSSR count). The van der Waals surface area contributed by atoms with Gasteiger partial charge in [-0.25, -0.2) is 0 Å². The Labute approximate surface area is 125 Å². The lowest BCUT2D eigenvalue weighted by atomic mass is 10.1. The maximum Gasteiger partial charge on any atom is 0.130 e. The van der Waals surface area contributed by atoms with Crippen LogP contribution in [0.2, 0.25) is 5.02 Å². The van der Waals surface area contributed by atoms with Crippen LogP contribution in [-0.4, -0.2) is 6.04 Å². The summed E-state index contributed by atoms with van der Waals surface area (Å²) in [6, 6.07) is 11.9. The minimum absolute atomic E-state index is 0.0649. The molecule has 0 saturated carbocycles. The number of halogens is 1. The summed E-state index contributed by atoms with van der Waals surface area (Å²) < 4.78 is 6.01. The molecule has 1 atom stereocenters. The minimum Gasteiger partial charge on any atom is -0.457 e. The van der Waals surface area contributed by atoms with Gasteiger partial charge in [-0.05, 0) is 74.2 Å². The lowest BCUT2D eigenvalue weighted by Gasteiger charge is -2.14. The summed E-state index contributed by atoms with van der Waals surface area (Å²) in [7, 11) is 0. The van der Waals surface area contributed by atoms with E-state index >= 15 is 0 Å². The molecule has 2 nitrogen and oxygen atoms in total. The second-order valence-corrected chi connectivity index (χ2v) is 5.80. The van der Waals surface area contributed by atoms with E-state index in [9.17, 15) is 0 Å². The van der Waals surface area contributed by atoms with E-state index in [4.69, 9.17) is 22.1 Å². The first-order valence-corrected chi connectivity index (χ1v) is 7.12. The van der Waals surface area contributed by atoms with E-state index in [1.54, 1.807) is 0 Å². The van der Waals surface area contributed by atoms with E-state index in [1.807, 2.05) is 37.3 Å². The third kappa shape index (κ3) is 3.99. The molecular weight excluding hydrogens is 270 g/mol. The Balaban J connectivity index is 2.32. The molecule has 2 aromatic rings. The van der Waals surface area contributed by atoms with Crippen molar-refractivity contribution in [1.29, 1.82) is 0 Å². The monoisotopic (exact) mass is 289 g/mol. The zero-order valence-electron chi connectivity index (χ0n) is 12.1. The van der Waals surface area contributed by atoms with Crippen molar-refractivity contribution in [3.8, 4) is 11.5 Å². The van der Waals surface area contributed by atoms with Gasteiger partial charge in [0, 0.05) is 11.1 Å². The number of hydrogen-bond donors (Lipinski definition) is 1. The van der Waals surface area contributed by atoms with Crippen molar-refractivity contribution in [3.05, 3.63) is 58.1 Å². The summed E-state index contributed by atoms with van der Waals surface area (Å²) in [5.41, 5.74) is 9.29. The van der Waals surface area contributed by atoms with E-state index in [2.05, 4.69) is 19.9 Å². The zero-order valence-corrected chi connectivity index (χ0v) is 12.9. The summed E-state index contributed by atoms with van der Waals surface area (Å²) in [6.07, 6.45) is 0.737. The fourth-order valence-corrected chi connectivity index (χ4v) is 2.47. The Morgan fingerprint density at radius 1 is 1.10 bits per heavy atom. The Morgan fingerprint density at radius 3 is 2.35 bits per heavy atom. The number of aryl methyl sites for hydroxylation is 2. The van der Waals surface area contributed by atoms with Crippen LogP contribution in [0.4, 0.5) is 0 Å². The van der Waals surface area contributed by atoms with Crippen molar-refractivity contribution in [2.24, 2.45) is 5.73 Å². The van der Waals surface area contributed by atoms with Gasteiger partial charge >= 0.3 is 0 Å². The summed E-state index contributed by atoms with van der Waals surface area (Å²) in [5, 5.41) is 0.702. The minimum atomic E-state index is 0.0649. The van der Waals surface area contributed by atoms with Crippen LogP contribution in [0, 0.1) is 13.8 Å². The Bertz CT molecular complexity index is 588. The average molecular weight is 290 g/mol. The van der Waals surface area contributed by atoms with Crippen molar-refractivity contribution >= 4 is 11.6 Å². The van der Waals surface area contributed by atoms with Crippen molar-refractivity contribution in [1.82, 2.24) is 0 Å². The van der Waals surface area contributed by atoms with E-state index < -0.39 is 0 Å². The van der Waals surface area contributed by atoms with Gasteiger partial charge in [0.25, 0.3) is 0 Å². The molecule has 3 heteroatoms. The number of ether oxygens (including phenoxy) is 1.